The molecule has 1 atom stereocenters. The minimum Gasteiger partial charge on any atom is -0.507 e. The van der Waals surface area contributed by atoms with Gasteiger partial charge in [-0.05, 0) is 42.3 Å². The Kier molecular flexibility index (Phi) is 5.09. The second-order valence-electron chi connectivity index (χ2n) is 6.22. The molecule has 0 spiro atoms. The van der Waals surface area contributed by atoms with Crippen LogP contribution in [0.25, 0.3) is 0 Å². The van der Waals surface area contributed by atoms with Gasteiger partial charge in [-0.15, -0.1) is 0 Å². The molecule has 3 rings (SSSR count). The fourth-order valence-corrected chi connectivity index (χ4v) is 2.81. The molecule has 5 heteroatoms. The van der Waals surface area contributed by atoms with Crippen LogP contribution >= 0.6 is 0 Å². The smallest absolute Gasteiger partial charge is 0.263 e. The molecule has 3 aromatic rings. The predicted molar refractivity (Wildman–Crippen MR) is 103 cm³/mol. The Bertz CT molecular complexity index is 983. The number of nitriles is 1. The van der Waals surface area contributed by atoms with Crippen LogP contribution in [-0.2, 0) is 0 Å². The molecule has 1 amide bonds. The SMILES string of the molecule is Cc1ccc(C(C#N)c2ccc(NC(=O)c3c(O)cccc3O)cc2)cc1. The van der Waals surface area contributed by atoms with Gasteiger partial charge in [-0.2, -0.15) is 5.26 Å². The van der Waals surface area contributed by atoms with Crippen molar-refractivity contribution in [3.05, 3.63) is 89.0 Å². The molecular weight excluding hydrogens is 340 g/mol. The molecule has 3 N–H and O–H groups in total. The number of phenolic OH excluding ortho intramolecular Hbond substituents is 2. The fraction of sp³-hybridized carbons (Fsp3) is 0.0909. The molecule has 3 aromatic carbocycles. The van der Waals surface area contributed by atoms with Gasteiger partial charge in [0.2, 0.25) is 0 Å². The minimum atomic E-state index is -0.617. The van der Waals surface area contributed by atoms with E-state index in [2.05, 4.69) is 11.4 Å². The average Bonchev–Trinajstić information content (AvgIpc) is 2.65. The number of rotatable bonds is 4. The highest BCUT2D eigenvalue weighted by Gasteiger charge is 2.17. The number of phenols is 2. The number of aromatic hydroxyl groups is 2. The van der Waals surface area contributed by atoms with Crippen LogP contribution < -0.4 is 5.32 Å². The van der Waals surface area contributed by atoms with E-state index in [-0.39, 0.29) is 17.1 Å². The molecule has 27 heavy (non-hydrogen) atoms. The fourth-order valence-electron chi connectivity index (χ4n) is 2.81. The van der Waals surface area contributed by atoms with Crippen molar-refractivity contribution in [2.75, 3.05) is 5.32 Å². The first-order valence-electron chi connectivity index (χ1n) is 8.38. The Morgan fingerprint density at radius 3 is 1.96 bits per heavy atom. The Hall–Kier alpha value is -3.78. The van der Waals surface area contributed by atoms with Crippen molar-refractivity contribution in [2.45, 2.75) is 12.8 Å². The Morgan fingerprint density at radius 1 is 0.926 bits per heavy atom. The molecule has 1 unspecified atom stereocenters. The summed E-state index contributed by atoms with van der Waals surface area (Å²) >= 11 is 0. The minimum absolute atomic E-state index is 0.184. The van der Waals surface area contributed by atoms with Crippen LogP contribution in [0, 0.1) is 18.3 Å². The van der Waals surface area contributed by atoms with E-state index < -0.39 is 11.8 Å². The zero-order chi connectivity index (χ0) is 19.4. The van der Waals surface area contributed by atoms with Gasteiger partial charge in [0.25, 0.3) is 5.91 Å². The Morgan fingerprint density at radius 2 is 1.44 bits per heavy atom. The molecule has 0 heterocycles. The number of carbonyl (C=O) groups excluding carboxylic acids is 1. The number of amides is 1. The van der Waals surface area contributed by atoms with Gasteiger partial charge >= 0.3 is 0 Å². The second-order valence-corrected chi connectivity index (χ2v) is 6.22. The highest BCUT2D eigenvalue weighted by molar-refractivity contribution is 6.08. The van der Waals surface area contributed by atoms with Crippen molar-refractivity contribution < 1.29 is 15.0 Å². The molecule has 134 valence electrons. The van der Waals surface area contributed by atoms with Crippen molar-refractivity contribution in [1.29, 1.82) is 5.26 Å². The maximum Gasteiger partial charge on any atom is 0.263 e. The molecule has 0 saturated heterocycles. The third kappa shape index (κ3) is 3.91. The van der Waals surface area contributed by atoms with Gasteiger partial charge in [0, 0.05) is 5.69 Å². The summed E-state index contributed by atoms with van der Waals surface area (Å²) in [7, 11) is 0. The highest BCUT2D eigenvalue weighted by atomic mass is 16.3. The van der Waals surface area contributed by atoms with Gasteiger partial charge in [-0.3, -0.25) is 4.79 Å². The van der Waals surface area contributed by atoms with E-state index >= 15 is 0 Å². The molecule has 5 nitrogen and oxygen atoms in total. The molecule has 0 radical (unpaired) electrons. The summed E-state index contributed by atoms with van der Waals surface area (Å²) in [6.45, 7) is 1.99. The van der Waals surface area contributed by atoms with E-state index in [0.29, 0.717) is 5.69 Å². The van der Waals surface area contributed by atoms with Crippen molar-refractivity contribution in [3.8, 4) is 17.6 Å². The first-order valence-corrected chi connectivity index (χ1v) is 8.38. The van der Waals surface area contributed by atoms with Crippen LogP contribution in [0.15, 0.2) is 66.7 Å². The van der Waals surface area contributed by atoms with Crippen LogP contribution in [0.3, 0.4) is 0 Å². The van der Waals surface area contributed by atoms with Crippen molar-refractivity contribution in [3.63, 3.8) is 0 Å². The molecule has 0 bridgehead atoms. The maximum atomic E-state index is 12.3. The van der Waals surface area contributed by atoms with E-state index in [9.17, 15) is 20.3 Å². The lowest BCUT2D eigenvalue weighted by molar-refractivity contribution is 0.102. The van der Waals surface area contributed by atoms with Crippen molar-refractivity contribution in [2.24, 2.45) is 0 Å². The quantitative estimate of drug-likeness (QED) is 0.648. The molecule has 0 aromatic heterocycles. The molecular formula is C22H18N2O3. The van der Waals surface area contributed by atoms with Gasteiger partial charge in [0.1, 0.15) is 17.1 Å². The summed E-state index contributed by atoms with van der Waals surface area (Å²) in [4.78, 5) is 12.3. The monoisotopic (exact) mass is 358 g/mol. The zero-order valence-corrected chi connectivity index (χ0v) is 14.7. The average molecular weight is 358 g/mol. The normalized spacial score (nSPS) is 11.4. The highest BCUT2D eigenvalue weighted by Crippen LogP contribution is 2.28. The van der Waals surface area contributed by atoms with Crippen LogP contribution in [0.1, 0.15) is 33.0 Å². The molecule has 0 fully saturated rings. The molecule has 0 aliphatic rings. The third-order valence-corrected chi connectivity index (χ3v) is 4.29. The van der Waals surface area contributed by atoms with E-state index in [0.717, 1.165) is 16.7 Å². The number of aryl methyl sites for hydroxylation is 1. The summed E-state index contributed by atoms with van der Waals surface area (Å²) in [5, 5.41) is 31.7. The van der Waals surface area contributed by atoms with Gasteiger partial charge in [-0.25, -0.2) is 0 Å². The molecule has 0 aliphatic carbocycles. The number of anilines is 1. The Balaban J connectivity index is 1.80. The molecule has 0 saturated carbocycles. The first-order chi connectivity index (χ1) is 13.0. The standard InChI is InChI=1S/C22H18N2O3/c1-14-5-7-15(8-6-14)18(13-23)16-9-11-17(12-10-16)24-22(27)21-19(25)3-2-4-20(21)26/h2-12,18,25-26H,1H3,(H,24,27). The number of hydrogen-bond acceptors (Lipinski definition) is 4. The van der Waals surface area contributed by atoms with E-state index in [4.69, 9.17) is 0 Å². The summed E-state index contributed by atoms with van der Waals surface area (Å²) in [6, 6.07) is 21.1. The summed E-state index contributed by atoms with van der Waals surface area (Å²) in [5.74, 6) is -1.62. The Labute approximate surface area is 157 Å². The summed E-state index contributed by atoms with van der Waals surface area (Å²) in [6.07, 6.45) is 0. The van der Waals surface area contributed by atoms with Gasteiger partial charge in [0.15, 0.2) is 0 Å². The van der Waals surface area contributed by atoms with Crippen molar-refractivity contribution in [1.82, 2.24) is 0 Å². The topological polar surface area (TPSA) is 93.4 Å². The van der Waals surface area contributed by atoms with Crippen LogP contribution in [-0.4, -0.2) is 16.1 Å². The molecule has 0 aliphatic heterocycles. The van der Waals surface area contributed by atoms with Crippen LogP contribution in [0.2, 0.25) is 0 Å². The maximum absolute atomic E-state index is 12.3. The first kappa shape index (κ1) is 18.0. The van der Waals surface area contributed by atoms with E-state index in [1.165, 1.54) is 18.2 Å². The largest absolute Gasteiger partial charge is 0.507 e. The second kappa shape index (κ2) is 7.63. The number of nitrogens with zero attached hydrogens (tertiary/aromatic N) is 1. The zero-order valence-electron chi connectivity index (χ0n) is 14.7. The number of hydrogen-bond donors (Lipinski definition) is 3. The lowest BCUT2D eigenvalue weighted by atomic mass is 9.92. The predicted octanol–water partition coefficient (Wildman–Crippen LogP) is 4.31. The summed E-state index contributed by atoms with van der Waals surface area (Å²) < 4.78 is 0. The van der Waals surface area contributed by atoms with Crippen LogP contribution in [0.4, 0.5) is 5.69 Å². The third-order valence-electron chi connectivity index (χ3n) is 4.29. The van der Waals surface area contributed by atoms with E-state index in [1.54, 1.807) is 24.3 Å². The summed E-state index contributed by atoms with van der Waals surface area (Å²) in [5.41, 5.74) is 3.15. The number of carbonyl (C=O) groups is 1. The van der Waals surface area contributed by atoms with Gasteiger partial charge < -0.3 is 15.5 Å². The van der Waals surface area contributed by atoms with Crippen LogP contribution in [0.5, 0.6) is 11.5 Å². The van der Waals surface area contributed by atoms with Crippen molar-refractivity contribution >= 4 is 11.6 Å². The van der Waals surface area contributed by atoms with Gasteiger partial charge in [0.05, 0.1) is 12.0 Å². The van der Waals surface area contributed by atoms with Gasteiger partial charge in [-0.1, -0.05) is 48.0 Å². The number of nitrogens with one attached hydrogen (secondary N) is 1. The van der Waals surface area contributed by atoms with E-state index in [1.807, 2.05) is 31.2 Å². The lowest BCUT2D eigenvalue weighted by Crippen LogP contribution is -2.12. The number of benzene rings is 3. The lowest BCUT2D eigenvalue weighted by Gasteiger charge is -2.12.